The Balaban J connectivity index is 0.00000243. The van der Waals surface area contributed by atoms with E-state index >= 15 is 0 Å². The molecule has 2 aromatic carbocycles. The van der Waals surface area contributed by atoms with E-state index < -0.39 is 0 Å². The summed E-state index contributed by atoms with van der Waals surface area (Å²) in [5.74, 6) is -0.276. The molecule has 3 N–H and O–H groups in total. The lowest BCUT2D eigenvalue weighted by Gasteiger charge is -2.23. The van der Waals surface area contributed by atoms with Crippen LogP contribution in [0.25, 0.3) is 0 Å². The molecule has 3 rings (SSSR count). The van der Waals surface area contributed by atoms with E-state index in [1.807, 2.05) is 31.2 Å². The van der Waals surface area contributed by atoms with Crippen LogP contribution in [0.15, 0.2) is 48.5 Å². The first-order valence-electron chi connectivity index (χ1n) is 8.62. The molecule has 0 radical (unpaired) electrons. The highest BCUT2D eigenvalue weighted by molar-refractivity contribution is 6.05. The Labute approximate surface area is 160 Å². The predicted octanol–water partition coefficient (Wildman–Crippen LogP) is 3.15. The molecule has 0 aromatic heterocycles. The van der Waals surface area contributed by atoms with E-state index in [-0.39, 0.29) is 30.3 Å². The smallest absolute Gasteiger partial charge is 0.255 e. The fourth-order valence-electron chi connectivity index (χ4n) is 2.92. The van der Waals surface area contributed by atoms with Gasteiger partial charge in [-0.3, -0.25) is 9.59 Å². The van der Waals surface area contributed by atoms with Gasteiger partial charge in [-0.2, -0.15) is 0 Å². The van der Waals surface area contributed by atoms with Gasteiger partial charge in [0.25, 0.3) is 11.8 Å². The van der Waals surface area contributed by atoms with Crippen molar-refractivity contribution in [1.82, 2.24) is 10.6 Å². The third-order valence-electron chi connectivity index (χ3n) is 4.46. The Bertz CT molecular complexity index is 759. The third kappa shape index (κ3) is 5.07. The van der Waals surface area contributed by atoms with Crippen molar-refractivity contribution < 1.29 is 9.59 Å². The van der Waals surface area contributed by atoms with Crippen molar-refractivity contribution in [3.05, 3.63) is 65.2 Å². The van der Waals surface area contributed by atoms with Gasteiger partial charge < -0.3 is 16.0 Å². The average Bonchev–Trinajstić information content (AvgIpc) is 2.65. The average molecular weight is 374 g/mol. The quantitative estimate of drug-likeness (QED) is 0.771. The van der Waals surface area contributed by atoms with Crippen LogP contribution >= 0.6 is 12.4 Å². The molecular formula is C20H24ClN3O2. The zero-order valence-corrected chi connectivity index (χ0v) is 15.6. The minimum absolute atomic E-state index is 0. The minimum atomic E-state index is -0.181. The van der Waals surface area contributed by atoms with E-state index in [0.717, 1.165) is 31.5 Å². The van der Waals surface area contributed by atoms with Crippen molar-refractivity contribution in [1.29, 1.82) is 0 Å². The van der Waals surface area contributed by atoms with E-state index in [9.17, 15) is 9.59 Å². The maximum absolute atomic E-state index is 12.5. The summed E-state index contributed by atoms with van der Waals surface area (Å²) in [4.78, 5) is 24.8. The molecular weight excluding hydrogens is 350 g/mol. The standard InChI is InChI=1S/C20H23N3O2.ClH/c1-14-7-8-16(20(25)22-17-9-11-21-12-10-17)13-18(14)23-19(24)15-5-3-2-4-6-15;/h2-8,13,17,21H,9-12H2,1H3,(H,22,25)(H,23,24);1H. The highest BCUT2D eigenvalue weighted by Gasteiger charge is 2.17. The van der Waals surface area contributed by atoms with Crippen LogP contribution in [0.4, 0.5) is 5.69 Å². The van der Waals surface area contributed by atoms with Gasteiger partial charge in [0.15, 0.2) is 0 Å². The number of rotatable bonds is 4. The SMILES string of the molecule is Cc1ccc(C(=O)NC2CCNCC2)cc1NC(=O)c1ccccc1.Cl. The number of piperidine rings is 1. The Morgan fingerprint density at radius 3 is 2.35 bits per heavy atom. The van der Waals surface area contributed by atoms with Crippen LogP contribution in [-0.4, -0.2) is 30.9 Å². The van der Waals surface area contributed by atoms with Gasteiger partial charge in [-0.15, -0.1) is 12.4 Å². The molecule has 1 heterocycles. The summed E-state index contributed by atoms with van der Waals surface area (Å²) in [6, 6.07) is 14.6. The molecule has 138 valence electrons. The van der Waals surface area contributed by atoms with E-state index in [2.05, 4.69) is 16.0 Å². The van der Waals surface area contributed by atoms with E-state index in [0.29, 0.717) is 16.8 Å². The molecule has 0 aliphatic carbocycles. The third-order valence-corrected chi connectivity index (χ3v) is 4.46. The highest BCUT2D eigenvalue weighted by atomic mass is 35.5. The van der Waals surface area contributed by atoms with Gasteiger partial charge in [-0.25, -0.2) is 0 Å². The maximum Gasteiger partial charge on any atom is 0.255 e. The zero-order chi connectivity index (χ0) is 17.6. The van der Waals surface area contributed by atoms with Gasteiger partial charge in [0.05, 0.1) is 0 Å². The number of hydrogen-bond acceptors (Lipinski definition) is 3. The van der Waals surface area contributed by atoms with Crippen molar-refractivity contribution in [2.75, 3.05) is 18.4 Å². The van der Waals surface area contributed by atoms with Crippen molar-refractivity contribution in [2.45, 2.75) is 25.8 Å². The van der Waals surface area contributed by atoms with Gasteiger partial charge in [0.2, 0.25) is 0 Å². The molecule has 1 fully saturated rings. The summed E-state index contributed by atoms with van der Waals surface area (Å²) in [7, 11) is 0. The second kappa shape index (κ2) is 9.36. The molecule has 6 heteroatoms. The first kappa shape index (κ1) is 19.9. The predicted molar refractivity (Wildman–Crippen MR) is 106 cm³/mol. The minimum Gasteiger partial charge on any atom is -0.349 e. The summed E-state index contributed by atoms with van der Waals surface area (Å²) < 4.78 is 0. The molecule has 0 bridgehead atoms. The zero-order valence-electron chi connectivity index (χ0n) is 14.7. The molecule has 26 heavy (non-hydrogen) atoms. The summed E-state index contributed by atoms with van der Waals surface area (Å²) in [6.45, 7) is 3.77. The van der Waals surface area contributed by atoms with Crippen LogP contribution in [0.3, 0.4) is 0 Å². The number of halogens is 1. The topological polar surface area (TPSA) is 70.2 Å². The molecule has 0 saturated carbocycles. The number of aryl methyl sites for hydroxylation is 1. The lowest BCUT2D eigenvalue weighted by Crippen LogP contribution is -2.42. The van der Waals surface area contributed by atoms with Crippen molar-refractivity contribution in [2.24, 2.45) is 0 Å². The molecule has 2 aromatic rings. The summed E-state index contributed by atoms with van der Waals surface area (Å²) in [6.07, 6.45) is 1.88. The summed E-state index contributed by atoms with van der Waals surface area (Å²) in [5.41, 5.74) is 2.73. The van der Waals surface area contributed by atoms with Crippen molar-refractivity contribution >= 4 is 29.9 Å². The van der Waals surface area contributed by atoms with Crippen molar-refractivity contribution in [3.63, 3.8) is 0 Å². The monoisotopic (exact) mass is 373 g/mol. The van der Waals surface area contributed by atoms with Crippen LogP contribution in [0.5, 0.6) is 0 Å². The van der Waals surface area contributed by atoms with Gasteiger partial charge in [0, 0.05) is 22.9 Å². The first-order valence-corrected chi connectivity index (χ1v) is 8.62. The Kier molecular flexibility index (Phi) is 7.18. The van der Waals surface area contributed by atoms with Crippen LogP contribution in [0.2, 0.25) is 0 Å². The number of carbonyl (C=O) groups excluding carboxylic acids is 2. The molecule has 1 aliphatic heterocycles. The van der Waals surface area contributed by atoms with E-state index in [1.165, 1.54) is 0 Å². The van der Waals surface area contributed by atoms with Crippen LogP contribution in [0, 0.1) is 6.92 Å². The lowest BCUT2D eigenvalue weighted by atomic mass is 10.0. The number of anilines is 1. The number of hydrogen-bond donors (Lipinski definition) is 3. The van der Waals surface area contributed by atoms with E-state index in [4.69, 9.17) is 0 Å². The maximum atomic E-state index is 12.5. The summed E-state index contributed by atoms with van der Waals surface area (Å²) >= 11 is 0. The van der Waals surface area contributed by atoms with Crippen LogP contribution in [0.1, 0.15) is 39.1 Å². The van der Waals surface area contributed by atoms with E-state index in [1.54, 1.807) is 24.3 Å². The molecule has 1 aliphatic rings. The second-order valence-corrected chi connectivity index (χ2v) is 6.35. The number of amides is 2. The molecule has 0 unspecified atom stereocenters. The summed E-state index contributed by atoms with van der Waals surface area (Å²) in [5, 5.41) is 9.25. The molecule has 5 nitrogen and oxygen atoms in total. The molecule has 1 saturated heterocycles. The van der Waals surface area contributed by atoms with Gasteiger partial charge >= 0.3 is 0 Å². The number of nitrogens with one attached hydrogen (secondary N) is 3. The number of carbonyl (C=O) groups is 2. The van der Waals surface area contributed by atoms with Crippen molar-refractivity contribution in [3.8, 4) is 0 Å². The molecule has 2 amide bonds. The Hall–Kier alpha value is -2.37. The van der Waals surface area contributed by atoms with Gasteiger partial charge in [-0.05, 0) is 62.7 Å². The Morgan fingerprint density at radius 1 is 0.962 bits per heavy atom. The molecule has 0 spiro atoms. The first-order chi connectivity index (χ1) is 12.1. The fourth-order valence-corrected chi connectivity index (χ4v) is 2.92. The largest absolute Gasteiger partial charge is 0.349 e. The van der Waals surface area contributed by atoms with Crippen LogP contribution < -0.4 is 16.0 Å². The van der Waals surface area contributed by atoms with Gasteiger partial charge in [0.1, 0.15) is 0 Å². The molecule has 0 atom stereocenters. The van der Waals surface area contributed by atoms with Gasteiger partial charge in [-0.1, -0.05) is 24.3 Å². The normalized spacial score (nSPS) is 14.2. The van der Waals surface area contributed by atoms with Crippen LogP contribution in [-0.2, 0) is 0 Å². The second-order valence-electron chi connectivity index (χ2n) is 6.35. The fraction of sp³-hybridized carbons (Fsp3) is 0.300. The highest BCUT2D eigenvalue weighted by Crippen LogP contribution is 2.18. The lowest BCUT2D eigenvalue weighted by molar-refractivity contribution is 0.0928. The Morgan fingerprint density at radius 2 is 1.65 bits per heavy atom. The number of benzene rings is 2.